The van der Waals surface area contributed by atoms with Crippen LogP contribution in [0.1, 0.15) is 10.4 Å². The molecule has 3 aromatic rings. The van der Waals surface area contributed by atoms with Crippen molar-refractivity contribution in [2.24, 2.45) is 7.05 Å². The molecule has 3 rings (SSSR count). The Kier molecular flexibility index (Phi) is 2.87. The fourth-order valence-corrected chi connectivity index (χ4v) is 2.12. The molecule has 100 valence electrons. The van der Waals surface area contributed by atoms with Gasteiger partial charge in [-0.15, -0.1) is 0 Å². The van der Waals surface area contributed by atoms with Gasteiger partial charge in [-0.25, -0.2) is 4.79 Å². The first-order chi connectivity index (χ1) is 9.63. The zero-order valence-corrected chi connectivity index (χ0v) is 10.9. The number of aromatic carboxylic acids is 1. The highest BCUT2D eigenvalue weighted by molar-refractivity contribution is 5.89. The van der Waals surface area contributed by atoms with Crippen molar-refractivity contribution in [3.63, 3.8) is 0 Å². The van der Waals surface area contributed by atoms with Crippen LogP contribution in [0, 0.1) is 0 Å². The molecule has 0 fully saturated rings. The van der Waals surface area contributed by atoms with Gasteiger partial charge in [0.15, 0.2) is 0 Å². The van der Waals surface area contributed by atoms with Gasteiger partial charge in [-0.2, -0.15) is 5.10 Å². The molecule has 2 N–H and O–H groups in total. The van der Waals surface area contributed by atoms with Crippen LogP contribution in [0.5, 0.6) is 0 Å². The van der Waals surface area contributed by atoms with Crippen LogP contribution in [0.4, 0.5) is 11.4 Å². The quantitative estimate of drug-likeness (QED) is 0.765. The smallest absolute Gasteiger partial charge is 0.335 e. The Morgan fingerprint density at radius 1 is 1.20 bits per heavy atom. The Hall–Kier alpha value is -2.82. The summed E-state index contributed by atoms with van der Waals surface area (Å²) >= 11 is 0. The zero-order chi connectivity index (χ0) is 14.1. The summed E-state index contributed by atoms with van der Waals surface area (Å²) in [6.07, 6.45) is 1.81. The standard InChI is InChI=1S/C15H13N3O2/c1-18-14-8-13(6-5-11(14)9-16-18)17-12-4-2-3-10(7-12)15(19)20/h2-9,17H,1H3,(H,19,20). The summed E-state index contributed by atoms with van der Waals surface area (Å²) in [6.45, 7) is 0. The Bertz CT molecular complexity index is 793. The highest BCUT2D eigenvalue weighted by atomic mass is 16.4. The van der Waals surface area contributed by atoms with Crippen LogP contribution in [0.25, 0.3) is 10.9 Å². The van der Waals surface area contributed by atoms with Gasteiger partial charge in [0.1, 0.15) is 0 Å². The summed E-state index contributed by atoms with van der Waals surface area (Å²) in [6, 6.07) is 12.6. The topological polar surface area (TPSA) is 67.2 Å². The Labute approximate surface area is 115 Å². The van der Waals surface area contributed by atoms with Gasteiger partial charge in [0.05, 0.1) is 17.3 Å². The summed E-state index contributed by atoms with van der Waals surface area (Å²) in [5.41, 5.74) is 2.91. The van der Waals surface area contributed by atoms with E-state index >= 15 is 0 Å². The van der Waals surface area contributed by atoms with Crippen LogP contribution in [-0.4, -0.2) is 20.9 Å². The average Bonchev–Trinajstić information content (AvgIpc) is 2.81. The highest BCUT2D eigenvalue weighted by Gasteiger charge is 2.05. The van der Waals surface area contributed by atoms with Gasteiger partial charge in [-0.1, -0.05) is 6.07 Å². The van der Waals surface area contributed by atoms with E-state index in [4.69, 9.17) is 5.11 Å². The van der Waals surface area contributed by atoms with E-state index in [2.05, 4.69) is 10.4 Å². The van der Waals surface area contributed by atoms with Gasteiger partial charge < -0.3 is 10.4 Å². The lowest BCUT2D eigenvalue weighted by atomic mass is 10.2. The summed E-state index contributed by atoms with van der Waals surface area (Å²) in [4.78, 5) is 11.0. The lowest BCUT2D eigenvalue weighted by molar-refractivity contribution is 0.0697. The predicted molar refractivity (Wildman–Crippen MR) is 77.4 cm³/mol. The lowest BCUT2D eigenvalue weighted by Crippen LogP contribution is -1.98. The van der Waals surface area contributed by atoms with Crippen LogP contribution in [0.2, 0.25) is 0 Å². The number of carboxylic acids is 1. The van der Waals surface area contributed by atoms with E-state index < -0.39 is 5.97 Å². The maximum atomic E-state index is 11.0. The number of rotatable bonds is 3. The van der Waals surface area contributed by atoms with Gasteiger partial charge in [0.2, 0.25) is 0 Å². The number of carbonyl (C=O) groups is 1. The van der Waals surface area contributed by atoms with Gasteiger partial charge in [-0.05, 0) is 36.4 Å². The number of aryl methyl sites for hydroxylation is 1. The molecular weight excluding hydrogens is 254 g/mol. The second-order valence-corrected chi connectivity index (χ2v) is 4.55. The summed E-state index contributed by atoms with van der Waals surface area (Å²) in [5, 5.41) is 17.4. The second kappa shape index (κ2) is 4.70. The minimum Gasteiger partial charge on any atom is -0.478 e. The molecule has 0 amide bonds. The number of aromatic nitrogens is 2. The molecule has 0 aliphatic heterocycles. The molecule has 0 aliphatic carbocycles. The Morgan fingerprint density at radius 3 is 2.80 bits per heavy atom. The molecule has 0 unspecified atom stereocenters. The van der Waals surface area contributed by atoms with E-state index in [0.717, 1.165) is 22.3 Å². The molecule has 1 aromatic heterocycles. The Balaban J connectivity index is 1.94. The predicted octanol–water partition coefficient (Wildman–Crippen LogP) is 3.02. The summed E-state index contributed by atoms with van der Waals surface area (Å²) in [7, 11) is 1.89. The summed E-state index contributed by atoms with van der Waals surface area (Å²) < 4.78 is 1.80. The van der Waals surface area contributed by atoms with Crippen LogP contribution >= 0.6 is 0 Å². The third-order valence-corrected chi connectivity index (χ3v) is 3.15. The monoisotopic (exact) mass is 267 g/mol. The van der Waals surface area contributed by atoms with Crippen molar-refractivity contribution in [1.82, 2.24) is 9.78 Å². The van der Waals surface area contributed by atoms with E-state index in [1.54, 1.807) is 22.9 Å². The molecule has 20 heavy (non-hydrogen) atoms. The van der Waals surface area contributed by atoms with E-state index in [0.29, 0.717) is 0 Å². The van der Waals surface area contributed by atoms with Crippen LogP contribution in [-0.2, 0) is 7.05 Å². The molecule has 0 bridgehead atoms. The van der Waals surface area contributed by atoms with Crippen LogP contribution in [0.3, 0.4) is 0 Å². The molecule has 2 aromatic carbocycles. The number of carboxylic acid groups (broad SMARTS) is 1. The van der Waals surface area contributed by atoms with E-state index in [1.165, 1.54) is 0 Å². The minimum atomic E-state index is -0.935. The molecule has 1 heterocycles. The van der Waals surface area contributed by atoms with Crippen molar-refractivity contribution < 1.29 is 9.90 Å². The fourth-order valence-electron chi connectivity index (χ4n) is 2.12. The molecule has 5 heteroatoms. The maximum Gasteiger partial charge on any atom is 0.335 e. The minimum absolute atomic E-state index is 0.261. The molecule has 0 atom stereocenters. The molecule has 0 spiro atoms. The Morgan fingerprint density at radius 2 is 2.00 bits per heavy atom. The highest BCUT2D eigenvalue weighted by Crippen LogP contribution is 2.22. The largest absolute Gasteiger partial charge is 0.478 e. The van der Waals surface area contributed by atoms with Crippen molar-refractivity contribution in [3.8, 4) is 0 Å². The van der Waals surface area contributed by atoms with Gasteiger partial charge in [-0.3, -0.25) is 4.68 Å². The van der Waals surface area contributed by atoms with Gasteiger partial charge in [0.25, 0.3) is 0 Å². The van der Waals surface area contributed by atoms with Gasteiger partial charge in [0, 0.05) is 23.8 Å². The number of hydrogen-bond acceptors (Lipinski definition) is 3. The average molecular weight is 267 g/mol. The number of nitrogens with one attached hydrogen (secondary N) is 1. The molecule has 0 radical (unpaired) electrons. The molecule has 0 saturated carbocycles. The van der Waals surface area contributed by atoms with E-state index in [1.807, 2.05) is 37.5 Å². The first-order valence-corrected chi connectivity index (χ1v) is 6.15. The van der Waals surface area contributed by atoms with Crippen molar-refractivity contribution in [1.29, 1.82) is 0 Å². The van der Waals surface area contributed by atoms with Crippen LogP contribution < -0.4 is 5.32 Å². The number of fused-ring (bicyclic) bond motifs is 1. The molecule has 5 nitrogen and oxygen atoms in total. The number of benzene rings is 2. The number of hydrogen-bond donors (Lipinski definition) is 2. The van der Waals surface area contributed by atoms with Crippen molar-refractivity contribution in [2.75, 3.05) is 5.32 Å². The first-order valence-electron chi connectivity index (χ1n) is 6.15. The van der Waals surface area contributed by atoms with E-state index in [-0.39, 0.29) is 5.56 Å². The van der Waals surface area contributed by atoms with Crippen LogP contribution in [0.15, 0.2) is 48.7 Å². The van der Waals surface area contributed by atoms with E-state index in [9.17, 15) is 4.79 Å². The molecular formula is C15H13N3O2. The van der Waals surface area contributed by atoms with Crippen molar-refractivity contribution >= 4 is 28.2 Å². The molecule has 0 aliphatic rings. The van der Waals surface area contributed by atoms with Crippen molar-refractivity contribution in [2.45, 2.75) is 0 Å². The van der Waals surface area contributed by atoms with Crippen molar-refractivity contribution in [3.05, 3.63) is 54.2 Å². The number of anilines is 2. The lowest BCUT2D eigenvalue weighted by Gasteiger charge is -2.07. The normalized spacial score (nSPS) is 10.7. The fraction of sp³-hybridized carbons (Fsp3) is 0.0667. The van der Waals surface area contributed by atoms with Gasteiger partial charge >= 0.3 is 5.97 Å². The second-order valence-electron chi connectivity index (χ2n) is 4.55. The summed E-state index contributed by atoms with van der Waals surface area (Å²) in [5.74, 6) is -0.935. The first kappa shape index (κ1) is 12.2. The zero-order valence-electron chi connectivity index (χ0n) is 10.9. The number of nitrogens with zero attached hydrogens (tertiary/aromatic N) is 2. The SMILES string of the molecule is Cn1ncc2ccc(Nc3cccc(C(=O)O)c3)cc21. The third kappa shape index (κ3) is 2.21. The maximum absolute atomic E-state index is 11.0. The third-order valence-electron chi connectivity index (χ3n) is 3.15. The molecule has 0 saturated heterocycles.